The van der Waals surface area contributed by atoms with Crippen LogP contribution in [0.2, 0.25) is 5.02 Å². The van der Waals surface area contributed by atoms with Crippen molar-refractivity contribution in [1.29, 1.82) is 0 Å². The highest BCUT2D eigenvalue weighted by atomic mass is 35.5. The summed E-state index contributed by atoms with van der Waals surface area (Å²) in [5.74, 6) is 0.814. The van der Waals surface area contributed by atoms with Gasteiger partial charge in [0.1, 0.15) is 40.8 Å². The number of hydrogen-bond donors (Lipinski definition) is 0. The molecule has 0 saturated carbocycles. The standard InChI is InChI=1S/C36H31ClN2OP/c1-40-31-16-13-15-28(24-31)36-25-30(38-39(36)26-29-14-11-12-23-35(29)37)27-41(32-17-5-2-6-18-32,33-19-7-3-8-20-33)34-21-9-4-10-22-34/h2-25H,26-27H2,1H3/q+1. The van der Waals surface area contributed by atoms with Crippen LogP contribution in [0.4, 0.5) is 0 Å². The molecule has 0 aliphatic heterocycles. The lowest BCUT2D eigenvalue weighted by Crippen LogP contribution is -2.32. The molecule has 0 aliphatic carbocycles. The molecule has 0 aliphatic rings. The molecule has 41 heavy (non-hydrogen) atoms. The fraction of sp³-hybridized carbons (Fsp3) is 0.0833. The van der Waals surface area contributed by atoms with Crippen molar-refractivity contribution < 1.29 is 4.74 Å². The lowest BCUT2D eigenvalue weighted by atomic mass is 10.1. The molecule has 202 valence electrons. The Morgan fingerprint density at radius 1 is 0.659 bits per heavy atom. The van der Waals surface area contributed by atoms with Gasteiger partial charge in [0.2, 0.25) is 0 Å². The van der Waals surface area contributed by atoms with E-state index in [1.165, 1.54) is 15.9 Å². The molecule has 0 unspecified atom stereocenters. The molecule has 0 fully saturated rings. The van der Waals surface area contributed by atoms with E-state index < -0.39 is 7.26 Å². The highest BCUT2D eigenvalue weighted by molar-refractivity contribution is 7.95. The van der Waals surface area contributed by atoms with Gasteiger partial charge >= 0.3 is 0 Å². The van der Waals surface area contributed by atoms with Crippen LogP contribution >= 0.6 is 18.9 Å². The summed E-state index contributed by atoms with van der Waals surface area (Å²) in [6.45, 7) is 0.569. The zero-order chi connectivity index (χ0) is 28.1. The van der Waals surface area contributed by atoms with Crippen molar-refractivity contribution in [2.75, 3.05) is 7.11 Å². The largest absolute Gasteiger partial charge is 0.497 e. The van der Waals surface area contributed by atoms with Crippen LogP contribution in [-0.4, -0.2) is 16.9 Å². The van der Waals surface area contributed by atoms with Crippen LogP contribution in [0.5, 0.6) is 5.75 Å². The van der Waals surface area contributed by atoms with Gasteiger partial charge in [0, 0.05) is 10.6 Å². The van der Waals surface area contributed by atoms with Crippen LogP contribution in [0.25, 0.3) is 11.3 Å². The molecule has 1 heterocycles. The maximum Gasteiger partial charge on any atom is 0.119 e. The molecule has 5 heteroatoms. The van der Waals surface area contributed by atoms with Crippen molar-refractivity contribution in [2.24, 2.45) is 0 Å². The number of benzene rings is 5. The molecule has 1 aromatic heterocycles. The number of hydrogen-bond acceptors (Lipinski definition) is 2. The van der Waals surface area contributed by atoms with Gasteiger partial charge in [-0.1, -0.05) is 96.5 Å². The van der Waals surface area contributed by atoms with Gasteiger partial charge in [-0.15, -0.1) is 0 Å². The number of nitrogens with zero attached hydrogens (tertiary/aromatic N) is 2. The van der Waals surface area contributed by atoms with Gasteiger partial charge in [0.25, 0.3) is 0 Å². The van der Waals surface area contributed by atoms with Crippen LogP contribution in [0.3, 0.4) is 0 Å². The molecule has 0 bridgehead atoms. The Hall–Kier alpha value is -4.17. The predicted molar refractivity (Wildman–Crippen MR) is 174 cm³/mol. The van der Waals surface area contributed by atoms with Gasteiger partial charge in [0.15, 0.2) is 0 Å². The monoisotopic (exact) mass is 573 g/mol. The highest BCUT2D eigenvalue weighted by Gasteiger charge is 2.46. The maximum absolute atomic E-state index is 6.62. The fourth-order valence-corrected chi connectivity index (χ4v) is 9.80. The van der Waals surface area contributed by atoms with Crippen LogP contribution in [0.1, 0.15) is 11.3 Å². The Bertz CT molecular complexity index is 1640. The molecule has 0 amide bonds. The average molecular weight is 574 g/mol. The first kappa shape index (κ1) is 27.0. The minimum Gasteiger partial charge on any atom is -0.497 e. The molecule has 0 saturated heterocycles. The van der Waals surface area contributed by atoms with E-state index in [0.717, 1.165) is 39.4 Å². The summed E-state index contributed by atoms with van der Waals surface area (Å²) in [7, 11) is -0.409. The summed E-state index contributed by atoms with van der Waals surface area (Å²) < 4.78 is 7.65. The number of ether oxygens (including phenoxy) is 1. The number of halogens is 1. The van der Waals surface area contributed by atoms with Gasteiger partial charge in [-0.2, -0.15) is 5.10 Å². The predicted octanol–water partition coefficient (Wildman–Crippen LogP) is 7.75. The van der Waals surface area contributed by atoms with Crippen molar-refractivity contribution >= 4 is 34.8 Å². The second-order valence-electron chi connectivity index (χ2n) is 9.98. The highest BCUT2D eigenvalue weighted by Crippen LogP contribution is 2.58. The normalized spacial score (nSPS) is 11.4. The van der Waals surface area contributed by atoms with E-state index in [1.807, 2.05) is 30.3 Å². The minimum absolute atomic E-state index is 0.569. The Kier molecular flexibility index (Phi) is 8.00. The topological polar surface area (TPSA) is 27.1 Å². The molecule has 3 nitrogen and oxygen atoms in total. The number of rotatable bonds is 9. The van der Waals surface area contributed by atoms with Crippen molar-refractivity contribution in [3.8, 4) is 17.0 Å². The number of aromatic nitrogens is 2. The Labute approximate surface area is 247 Å². The van der Waals surface area contributed by atoms with Crippen LogP contribution < -0.4 is 20.7 Å². The van der Waals surface area contributed by atoms with Crippen molar-refractivity contribution in [3.05, 3.63) is 162 Å². The molecule has 0 atom stereocenters. The summed E-state index contributed by atoms with van der Waals surface area (Å²) in [5, 5.41) is 10.0. The summed E-state index contributed by atoms with van der Waals surface area (Å²) in [5.41, 5.74) is 4.16. The third-order valence-electron chi connectivity index (χ3n) is 7.46. The summed E-state index contributed by atoms with van der Waals surface area (Å²) in [6.07, 6.45) is 0.789. The minimum atomic E-state index is -2.11. The van der Waals surface area contributed by atoms with Gasteiger partial charge in [-0.05, 0) is 66.2 Å². The maximum atomic E-state index is 6.62. The molecule has 6 rings (SSSR count). The average Bonchev–Trinajstić information content (AvgIpc) is 3.44. The van der Waals surface area contributed by atoms with Gasteiger partial charge in [0.05, 0.1) is 19.3 Å². The van der Waals surface area contributed by atoms with E-state index in [0.29, 0.717) is 6.54 Å². The van der Waals surface area contributed by atoms with E-state index >= 15 is 0 Å². The van der Waals surface area contributed by atoms with Crippen LogP contribution in [-0.2, 0) is 12.7 Å². The van der Waals surface area contributed by atoms with Crippen molar-refractivity contribution in [2.45, 2.75) is 12.7 Å². The lowest BCUT2D eigenvalue weighted by Gasteiger charge is -2.27. The molecular weight excluding hydrogens is 543 g/mol. The SMILES string of the molecule is COc1cccc(-c2cc(C[P+](c3ccccc3)(c3ccccc3)c3ccccc3)nn2Cc2ccccc2Cl)c1. The Balaban J connectivity index is 1.55. The van der Waals surface area contributed by atoms with Crippen LogP contribution in [0.15, 0.2) is 146 Å². The zero-order valence-electron chi connectivity index (χ0n) is 22.9. The van der Waals surface area contributed by atoms with Gasteiger partial charge in [-0.3, -0.25) is 4.68 Å². The smallest absolute Gasteiger partial charge is 0.119 e. The molecule has 0 N–H and O–H groups in total. The first-order chi connectivity index (χ1) is 20.2. The van der Waals surface area contributed by atoms with E-state index in [2.05, 4.69) is 120 Å². The lowest BCUT2D eigenvalue weighted by molar-refractivity contribution is 0.415. The zero-order valence-corrected chi connectivity index (χ0v) is 24.5. The second kappa shape index (κ2) is 12.1. The fourth-order valence-electron chi connectivity index (χ4n) is 5.48. The third kappa shape index (κ3) is 5.57. The van der Waals surface area contributed by atoms with E-state index in [9.17, 15) is 0 Å². The van der Waals surface area contributed by atoms with E-state index in [4.69, 9.17) is 21.4 Å². The quantitative estimate of drug-likeness (QED) is 0.165. The van der Waals surface area contributed by atoms with E-state index in [1.54, 1.807) is 7.11 Å². The third-order valence-corrected chi connectivity index (χ3v) is 12.2. The number of methoxy groups -OCH3 is 1. The first-order valence-corrected chi connectivity index (χ1v) is 16.0. The van der Waals surface area contributed by atoms with Crippen molar-refractivity contribution in [1.82, 2.24) is 9.78 Å². The summed E-state index contributed by atoms with van der Waals surface area (Å²) >= 11 is 6.62. The Morgan fingerprint density at radius 2 is 1.22 bits per heavy atom. The molecule has 5 aromatic carbocycles. The molecular formula is C36H31ClN2OP+. The van der Waals surface area contributed by atoms with E-state index in [-0.39, 0.29) is 0 Å². The van der Waals surface area contributed by atoms with Crippen molar-refractivity contribution in [3.63, 3.8) is 0 Å². The van der Waals surface area contributed by atoms with Crippen LogP contribution in [0, 0.1) is 0 Å². The first-order valence-electron chi connectivity index (χ1n) is 13.7. The van der Waals surface area contributed by atoms with Gasteiger partial charge < -0.3 is 4.74 Å². The summed E-state index contributed by atoms with van der Waals surface area (Å²) in [6, 6.07) is 51.2. The summed E-state index contributed by atoms with van der Waals surface area (Å²) in [4.78, 5) is 0. The Morgan fingerprint density at radius 3 is 1.78 bits per heavy atom. The molecule has 0 spiro atoms. The molecule has 0 radical (unpaired) electrons. The van der Waals surface area contributed by atoms with Gasteiger partial charge in [-0.25, -0.2) is 0 Å². The molecule has 6 aromatic rings. The second-order valence-corrected chi connectivity index (χ2v) is 13.9.